The summed E-state index contributed by atoms with van der Waals surface area (Å²) in [5.41, 5.74) is 0. The summed E-state index contributed by atoms with van der Waals surface area (Å²) in [4.78, 5) is 11.2. The molecule has 2 atom stereocenters. The fourth-order valence-electron chi connectivity index (χ4n) is 2.00. The van der Waals surface area contributed by atoms with Crippen molar-refractivity contribution in [1.29, 1.82) is 0 Å². The molecule has 1 N–H and O–H groups in total. The molecule has 15 heavy (non-hydrogen) atoms. The average molecular weight is 210 g/mol. The van der Waals surface area contributed by atoms with E-state index in [9.17, 15) is 9.90 Å². The number of aliphatic hydroxyl groups excluding tert-OH is 1. The minimum atomic E-state index is -0.164. The normalized spacial score (nSPS) is 24.7. The zero-order chi connectivity index (χ0) is 11.1. The van der Waals surface area contributed by atoms with Gasteiger partial charge >= 0.3 is 0 Å². The van der Waals surface area contributed by atoms with Crippen LogP contribution in [0, 0.1) is 5.92 Å². The van der Waals surface area contributed by atoms with E-state index in [4.69, 9.17) is 0 Å². The Bertz CT molecular complexity index is 221. The highest BCUT2D eigenvalue weighted by molar-refractivity contribution is 5.79. The maximum Gasteiger partial charge on any atom is 0.133 e. The molecular weight excluding hydrogens is 188 g/mol. The minimum Gasteiger partial charge on any atom is -0.393 e. The van der Waals surface area contributed by atoms with Gasteiger partial charge in [0.15, 0.2) is 0 Å². The molecule has 0 radical (unpaired) electrons. The lowest BCUT2D eigenvalue weighted by Gasteiger charge is -2.16. The fourth-order valence-corrected chi connectivity index (χ4v) is 2.00. The molecule has 1 fully saturated rings. The van der Waals surface area contributed by atoms with Gasteiger partial charge in [0, 0.05) is 12.8 Å². The van der Waals surface area contributed by atoms with Crippen molar-refractivity contribution in [3.63, 3.8) is 0 Å². The zero-order valence-corrected chi connectivity index (χ0v) is 9.61. The summed E-state index contributed by atoms with van der Waals surface area (Å²) in [6, 6.07) is 0. The Labute approximate surface area is 92.4 Å². The third kappa shape index (κ3) is 5.12. The highest BCUT2D eigenvalue weighted by Crippen LogP contribution is 2.22. The summed E-state index contributed by atoms with van der Waals surface area (Å²) in [5, 5.41) is 9.35. The van der Waals surface area contributed by atoms with Gasteiger partial charge in [-0.2, -0.15) is 0 Å². The monoisotopic (exact) mass is 210 g/mol. The lowest BCUT2D eigenvalue weighted by molar-refractivity contribution is -0.121. The molecule has 0 aliphatic heterocycles. The smallest absolute Gasteiger partial charge is 0.133 e. The van der Waals surface area contributed by atoms with E-state index in [1.807, 2.05) is 6.92 Å². The number of aliphatic hydroxyl groups is 1. The molecule has 0 heterocycles. The van der Waals surface area contributed by atoms with Crippen LogP contribution in [0.3, 0.4) is 0 Å². The number of carbonyl (C=O) groups excluding carboxylic acids is 1. The van der Waals surface area contributed by atoms with Crippen LogP contribution in [0.25, 0.3) is 0 Å². The van der Waals surface area contributed by atoms with E-state index >= 15 is 0 Å². The van der Waals surface area contributed by atoms with Crippen molar-refractivity contribution in [3.05, 3.63) is 12.2 Å². The predicted octanol–water partition coefficient (Wildman–Crippen LogP) is 2.85. The highest BCUT2D eigenvalue weighted by Gasteiger charge is 2.16. The molecule has 0 amide bonds. The Morgan fingerprint density at radius 2 is 2.40 bits per heavy atom. The van der Waals surface area contributed by atoms with Crippen molar-refractivity contribution < 1.29 is 9.90 Å². The molecule has 2 heteroatoms. The van der Waals surface area contributed by atoms with Gasteiger partial charge in [-0.3, -0.25) is 4.79 Å². The summed E-state index contributed by atoms with van der Waals surface area (Å²) in [6.07, 6.45) is 10.4. The van der Waals surface area contributed by atoms with Gasteiger partial charge in [-0.15, -0.1) is 0 Å². The van der Waals surface area contributed by atoms with Crippen LogP contribution in [0.15, 0.2) is 12.2 Å². The quantitative estimate of drug-likeness (QED) is 0.708. The molecule has 1 aliphatic carbocycles. The molecule has 0 bridgehead atoms. The van der Waals surface area contributed by atoms with E-state index in [1.165, 1.54) is 0 Å². The van der Waals surface area contributed by atoms with Crippen LogP contribution >= 0.6 is 0 Å². The molecule has 0 aromatic rings. The third-order valence-electron chi connectivity index (χ3n) is 3.07. The largest absolute Gasteiger partial charge is 0.393 e. The second kappa shape index (κ2) is 6.78. The van der Waals surface area contributed by atoms with Crippen LogP contribution in [0.5, 0.6) is 0 Å². The van der Waals surface area contributed by atoms with E-state index in [2.05, 4.69) is 12.2 Å². The van der Waals surface area contributed by atoms with Gasteiger partial charge in [-0.05, 0) is 38.0 Å². The lowest BCUT2D eigenvalue weighted by Crippen LogP contribution is -2.12. The van der Waals surface area contributed by atoms with E-state index in [1.54, 1.807) is 0 Å². The van der Waals surface area contributed by atoms with Crippen LogP contribution in [-0.2, 0) is 4.79 Å². The first kappa shape index (κ1) is 12.4. The predicted molar refractivity (Wildman–Crippen MR) is 61.6 cm³/mol. The first-order valence-corrected chi connectivity index (χ1v) is 6.08. The second-order valence-corrected chi connectivity index (χ2v) is 4.46. The lowest BCUT2D eigenvalue weighted by atomic mass is 9.88. The second-order valence-electron chi connectivity index (χ2n) is 4.46. The topological polar surface area (TPSA) is 37.3 Å². The highest BCUT2D eigenvalue weighted by atomic mass is 16.3. The maximum absolute atomic E-state index is 11.2. The number of ketones is 1. The Kier molecular flexibility index (Phi) is 5.62. The van der Waals surface area contributed by atoms with Crippen molar-refractivity contribution in [2.75, 3.05) is 0 Å². The van der Waals surface area contributed by atoms with E-state index < -0.39 is 0 Å². The van der Waals surface area contributed by atoms with E-state index in [0.717, 1.165) is 44.9 Å². The van der Waals surface area contributed by atoms with Crippen molar-refractivity contribution in [3.8, 4) is 0 Å². The summed E-state index contributed by atoms with van der Waals surface area (Å²) >= 11 is 0. The van der Waals surface area contributed by atoms with Crippen molar-refractivity contribution in [2.45, 2.75) is 58.0 Å². The SMILES string of the molecule is CCC(O)CCC=CC1CCCC(=O)C1. The van der Waals surface area contributed by atoms with Gasteiger partial charge in [-0.25, -0.2) is 0 Å². The molecule has 0 aromatic heterocycles. The van der Waals surface area contributed by atoms with Crippen molar-refractivity contribution in [2.24, 2.45) is 5.92 Å². The fraction of sp³-hybridized carbons (Fsp3) is 0.769. The molecule has 2 nitrogen and oxygen atoms in total. The van der Waals surface area contributed by atoms with Crippen molar-refractivity contribution >= 4 is 5.78 Å². The average Bonchev–Trinajstić information content (AvgIpc) is 2.24. The van der Waals surface area contributed by atoms with Gasteiger partial charge < -0.3 is 5.11 Å². The van der Waals surface area contributed by atoms with E-state index in [0.29, 0.717) is 11.7 Å². The molecule has 1 aliphatic rings. The first-order chi connectivity index (χ1) is 7.22. The van der Waals surface area contributed by atoms with E-state index in [-0.39, 0.29) is 6.10 Å². The van der Waals surface area contributed by atoms with Gasteiger partial charge in [-0.1, -0.05) is 19.1 Å². The van der Waals surface area contributed by atoms with Gasteiger partial charge in [0.1, 0.15) is 5.78 Å². The molecule has 0 saturated heterocycles. The number of rotatable bonds is 5. The van der Waals surface area contributed by atoms with Crippen LogP contribution < -0.4 is 0 Å². The molecular formula is C13H22O2. The number of carbonyl (C=O) groups is 1. The number of allylic oxidation sites excluding steroid dienone is 2. The summed E-state index contributed by atoms with van der Waals surface area (Å²) in [7, 11) is 0. The molecule has 1 rings (SSSR count). The van der Waals surface area contributed by atoms with Crippen LogP contribution in [0.4, 0.5) is 0 Å². The Balaban J connectivity index is 2.16. The summed E-state index contributed by atoms with van der Waals surface area (Å²) in [5.74, 6) is 0.870. The summed E-state index contributed by atoms with van der Waals surface area (Å²) < 4.78 is 0. The van der Waals surface area contributed by atoms with Crippen molar-refractivity contribution in [1.82, 2.24) is 0 Å². The van der Waals surface area contributed by atoms with Crippen LogP contribution in [0.1, 0.15) is 51.9 Å². The van der Waals surface area contributed by atoms with Crippen LogP contribution in [0.2, 0.25) is 0 Å². The molecule has 0 aromatic carbocycles. The molecule has 86 valence electrons. The third-order valence-corrected chi connectivity index (χ3v) is 3.07. The maximum atomic E-state index is 11.2. The molecule has 0 spiro atoms. The minimum absolute atomic E-state index is 0.164. The zero-order valence-electron chi connectivity index (χ0n) is 9.61. The number of Topliss-reactive ketones (excluding diaryl/α,β-unsaturated/α-hetero) is 1. The Hall–Kier alpha value is -0.630. The molecule has 1 saturated carbocycles. The number of hydrogen-bond donors (Lipinski definition) is 1. The first-order valence-electron chi connectivity index (χ1n) is 6.08. The summed E-state index contributed by atoms with van der Waals surface area (Å²) in [6.45, 7) is 1.99. The van der Waals surface area contributed by atoms with Gasteiger partial charge in [0.05, 0.1) is 6.10 Å². The molecule has 2 unspecified atom stereocenters. The number of hydrogen-bond acceptors (Lipinski definition) is 2. The van der Waals surface area contributed by atoms with Gasteiger partial charge in [0.25, 0.3) is 0 Å². The van der Waals surface area contributed by atoms with Crippen LogP contribution in [-0.4, -0.2) is 17.0 Å². The standard InChI is InChI=1S/C13H22O2/c1-2-12(14)8-4-3-6-11-7-5-9-13(15)10-11/h3,6,11-12,14H,2,4-5,7-10H2,1H3. The van der Waals surface area contributed by atoms with Gasteiger partial charge in [0.2, 0.25) is 0 Å². The Morgan fingerprint density at radius 3 is 3.07 bits per heavy atom. The Morgan fingerprint density at radius 1 is 1.60 bits per heavy atom.